The van der Waals surface area contributed by atoms with Gasteiger partial charge in [0, 0.05) is 10.7 Å². The van der Waals surface area contributed by atoms with Crippen LogP contribution in [0.25, 0.3) is 0 Å². The minimum Gasteiger partial charge on any atom is -0.496 e. The highest BCUT2D eigenvalue weighted by Gasteiger charge is 2.23. The van der Waals surface area contributed by atoms with Crippen LogP contribution in [-0.4, -0.2) is 17.8 Å². The van der Waals surface area contributed by atoms with Crippen molar-refractivity contribution >= 4 is 31.9 Å². The van der Waals surface area contributed by atoms with E-state index in [2.05, 4.69) is 57.8 Å². The number of hydrogen-bond donors (Lipinski definition) is 0. The summed E-state index contributed by atoms with van der Waals surface area (Å²) in [6.07, 6.45) is 1.01. The van der Waals surface area contributed by atoms with Crippen molar-refractivity contribution < 1.29 is 4.74 Å². The van der Waals surface area contributed by atoms with Gasteiger partial charge in [-0.05, 0) is 30.4 Å². The van der Waals surface area contributed by atoms with E-state index in [-0.39, 0.29) is 5.41 Å². The fourth-order valence-corrected chi connectivity index (χ4v) is 2.96. The van der Waals surface area contributed by atoms with Crippen LogP contribution in [-0.2, 0) is 6.42 Å². The summed E-state index contributed by atoms with van der Waals surface area (Å²) in [5, 5.41) is 1.95. The van der Waals surface area contributed by atoms with Crippen LogP contribution in [0.2, 0.25) is 0 Å². The Morgan fingerprint density at radius 3 is 2.38 bits per heavy atom. The molecule has 0 aliphatic carbocycles. The molecule has 0 aromatic heterocycles. The van der Waals surface area contributed by atoms with Crippen molar-refractivity contribution in [3.63, 3.8) is 0 Å². The smallest absolute Gasteiger partial charge is 0.122 e. The fraction of sp³-hybridized carbons (Fsp3) is 0.538. The van der Waals surface area contributed by atoms with Crippen molar-refractivity contribution in [1.29, 1.82) is 0 Å². The summed E-state index contributed by atoms with van der Waals surface area (Å²) in [6, 6.07) is 6.35. The molecule has 0 saturated heterocycles. The minimum absolute atomic E-state index is 0.223. The molecular formula is C13H18Br2O. The molecule has 0 unspecified atom stereocenters. The molecule has 1 rings (SSSR count). The van der Waals surface area contributed by atoms with Gasteiger partial charge in [0.1, 0.15) is 5.75 Å². The molecule has 0 heterocycles. The first-order valence-electron chi connectivity index (χ1n) is 5.30. The van der Waals surface area contributed by atoms with Gasteiger partial charge >= 0.3 is 0 Å². The van der Waals surface area contributed by atoms with Crippen LogP contribution in [0.15, 0.2) is 18.2 Å². The molecule has 0 aliphatic rings. The summed E-state index contributed by atoms with van der Waals surface area (Å²) < 4.78 is 5.40. The zero-order valence-corrected chi connectivity index (χ0v) is 13.2. The average molecular weight is 350 g/mol. The molecule has 0 radical (unpaired) electrons. The monoisotopic (exact) mass is 348 g/mol. The molecule has 0 amide bonds. The van der Waals surface area contributed by atoms with E-state index in [4.69, 9.17) is 4.74 Å². The number of aryl methyl sites for hydroxylation is 1. The fourth-order valence-electron chi connectivity index (χ4n) is 1.64. The first kappa shape index (κ1) is 14.0. The molecule has 1 nitrogen and oxygen atoms in total. The summed E-state index contributed by atoms with van der Waals surface area (Å²) in [7, 11) is 1.73. The van der Waals surface area contributed by atoms with Crippen molar-refractivity contribution in [2.45, 2.75) is 20.3 Å². The molecule has 16 heavy (non-hydrogen) atoms. The lowest BCUT2D eigenvalue weighted by Crippen LogP contribution is -2.23. The van der Waals surface area contributed by atoms with Gasteiger partial charge in [0.25, 0.3) is 0 Å². The second-order valence-corrected chi connectivity index (χ2v) is 5.69. The van der Waals surface area contributed by atoms with E-state index in [1.165, 1.54) is 11.1 Å². The van der Waals surface area contributed by atoms with Crippen LogP contribution in [0, 0.1) is 12.3 Å². The van der Waals surface area contributed by atoms with Crippen LogP contribution < -0.4 is 4.74 Å². The van der Waals surface area contributed by atoms with Crippen LogP contribution in [0.3, 0.4) is 0 Å². The summed E-state index contributed by atoms with van der Waals surface area (Å²) in [5.74, 6) is 0.985. The molecular weight excluding hydrogens is 332 g/mol. The van der Waals surface area contributed by atoms with E-state index in [9.17, 15) is 0 Å². The molecule has 0 bridgehead atoms. The lowest BCUT2D eigenvalue weighted by atomic mass is 9.87. The Morgan fingerprint density at radius 1 is 1.25 bits per heavy atom. The van der Waals surface area contributed by atoms with Crippen molar-refractivity contribution in [3.8, 4) is 5.75 Å². The Labute approximate surface area is 115 Å². The highest BCUT2D eigenvalue weighted by atomic mass is 79.9. The Bertz CT molecular complexity index is 346. The van der Waals surface area contributed by atoms with Crippen LogP contribution in [0.1, 0.15) is 18.1 Å². The SMILES string of the molecule is COc1ccc(C)cc1CC(C)(CBr)CBr. The number of alkyl halides is 2. The zero-order chi connectivity index (χ0) is 12.2. The molecule has 0 saturated carbocycles. The van der Waals surface area contributed by atoms with E-state index >= 15 is 0 Å². The van der Waals surface area contributed by atoms with Gasteiger partial charge in [-0.1, -0.05) is 56.5 Å². The van der Waals surface area contributed by atoms with Crippen LogP contribution in [0.4, 0.5) is 0 Å². The largest absolute Gasteiger partial charge is 0.496 e. The molecule has 0 aliphatic heterocycles. The van der Waals surface area contributed by atoms with Gasteiger partial charge < -0.3 is 4.74 Å². The molecule has 0 spiro atoms. The molecule has 0 fully saturated rings. The topological polar surface area (TPSA) is 9.23 Å². The average Bonchev–Trinajstić information content (AvgIpc) is 2.29. The van der Waals surface area contributed by atoms with Gasteiger partial charge in [-0.2, -0.15) is 0 Å². The second-order valence-electron chi connectivity index (χ2n) is 4.57. The molecule has 90 valence electrons. The van der Waals surface area contributed by atoms with Gasteiger partial charge in [-0.15, -0.1) is 0 Å². The summed E-state index contributed by atoms with van der Waals surface area (Å²) in [5.41, 5.74) is 2.78. The van der Waals surface area contributed by atoms with Crippen LogP contribution in [0.5, 0.6) is 5.75 Å². The molecule has 0 N–H and O–H groups in total. The third kappa shape index (κ3) is 3.49. The lowest BCUT2D eigenvalue weighted by molar-refractivity contribution is 0.389. The number of halogens is 2. The maximum atomic E-state index is 5.40. The third-order valence-corrected chi connectivity index (χ3v) is 5.41. The second kappa shape index (κ2) is 6.06. The van der Waals surface area contributed by atoms with Gasteiger partial charge in [0.2, 0.25) is 0 Å². The molecule has 0 atom stereocenters. The van der Waals surface area contributed by atoms with Crippen molar-refractivity contribution in [2.75, 3.05) is 17.8 Å². The lowest BCUT2D eigenvalue weighted by Gasteiger charge is -2.25. The Hall–Kier alpha value is -0.0200. The third-order valence-electron chi connectivity index (χ3n) is 2.70. The van der Waals surface area contributed by atoms with Crippen molar-refractivity contribution in [2.24, 2.45) is 5.41 Å². The van der Waals surface area contributed by atoms with E-state index in [1.54, 1.807) is 7.11 Å². The van der Waals surface area contributed by atoms with Crippen molar-refractivity contribution in [3.05, 3.63) is 29.3 Å². The highest BCUT2D eigenvalue weighted by molar-refractivity contribution is 9.09. The highest BCUT2D eigenvalue weighted by Crippen LogP contribution is 2.31. The Balaban J connectivity index is 2.98. The minimum atomic E-state index is 0.223. The van der Waals surface area contributed by atoms with Gasteiger partial charge in [0.15, 0.2) is 0 Å². The predicted molar refractivity (Wildman–Crippen MR) is 77.1 cm³/mol. The molecule has 1 aromatic carbocycles. The number of rotatable bonds is 5. The zero-order valence-electron chi connectivity index (χ0n) is 10.0. The first-order chi connectivity index (χ1) is 7.54. The maximum absolute atomic E-state index is 5.40. The van der Waals surface area contributed by atoms with E-state index in [0.717, 1.165) is 22.8 Å². The van der Waals surface area contributed by atoms with Gasteiger partial charge in [-0.3, -0.25) is 0 Å². The van der Waals surface area contributed by atoms with Crippen LogP contribution >= 0.6 is 31.9 Å². The maximum Gasteiger partial charge on any atom is 0.122 e. The summed E-state index contributed by atoms with van der Waals surface area (Å²) in [4.78, 5) is 0. The van der Waals surface area contributed by atoms with E-state index in [1.807, 2.05) is 6.07 Å². The quantitative estimate of drug-likeness (QED) is 0.718. The molecule has 3 heteroatoms. The van der Waals surface area contributed by atoms with E-state index in [0.29, 0.717) is 0 Å². The summed E-state index contributed by atoms with van der Waals surface area (Å²) >= 11 is 7.17. The molecule has 1 aromatic rings. The Morgan fingerprint density at radius 2 is 1.88 bits per heavy atom. The number of hydrogen-bond acceptors (Lipinski definition) is 1. The number of ether oxygens (including phenoxy) is 1. The predicted octanol–water partition coefficient (Wildman–Crippen LogP) is 4.34. The van der Waals surface area contributed by atoms with Gasteiger partial charge in [0.05, 0.1) is 7.11 Å². The number of benzene rings is 1. The normalized spacial score (nSPS) is 11.6. The summed E-state index contributed by atoms with van der Waals surface area (Å²) in [6.45, 7) is 4.38. The van der Waals surface area contributed by atoms with Gasteiger partial charge in [-0.25, -0.2) is 0 Å². The van der Waals surface area contributed by atoms with E-state index < -0.39 is 0 Å². The first-order valence-corrected chi connectivity index (χ1v) is 7.54. The number of methoxy groups -OCH3 is 1. The standard InChI is InChI=1S/C13H18Br2O/c1-10-4-5-12(16-3)11(6-10)7-13(2,8-14)9-15/h4-6H,7-9H2,1-3H3. The Kier molecular flexibility index (Phi) is 5.32. The van der Waals surface area contributed by atoms with Crippen molar-refractivity contribution in [1.82, 2.24) is 0 Å².